The molecule has 0 aliphatic carbocycles. The number of ketones is 1. The zero-order chi connectivity index (χ0) is 13.1. The average Bonchev–Trinajstić information content (AvgIpc) is 2.94. The van der Waals surface area contributed by atoms with Crippen molar-refractivity contribution in [3.63, 3.8) is 0 Å². The Bertz CT molecular complexity index is 534. The van der Waals surface area contributed by atoms with Crippen molar-refractivity contribution in [1.82, 2.24) is 14.7 Å². The van der Waals surface area contributed by atoms with E-state index < -0.39 is 0 Å². The fourth-order valence-electron chi connectivity index (χ4n) is 1.58. The minimum absolute atomic E-state index is 0.0718. The van der Waals surface area contributed by atoms with Gasteiger partial charge in [-0.2, -0.15) is 16.4 Å². The van der Waals surface area contributed by atoms with Crippen molar-refractivity contribution in [2.24, 2.45) is 0 Å². The van der Waals surface area contributed by atoms with Crippen LogP contribution in [0.5, 0.6) is 0 Å². The molecule has 18 heavy (non-hydrogen) atoms. The number of likely N-dealkylation sites (N-methyl/N-ethyl adjacent to an activating group) is 1. The molecule has 0 bridgehead atoms. The van der Waals surface area contributed by atoms with E-state index in [-0.39, 0.29) is 5.78 Å². The van der Waals surface area contributed by atoms with Crippen LogP contribution in [0.1, 0.15) is 16.1 Å². The topological polar surface area (TPSA) is 38.1 Å². The third-order valence-corrected chi connectivity index (χ3v) is 3.51. The van der Waals surface area contributed by atoms with Gasteiger partial charge in [-0.3, -0.25) is 9.48 Å². The van der Waals surface area contributed by atoms with Gasteiger partial charge in [-0.15, -0.1) is 0 Å². The minimum Gasteiger partial charge on any atom is -0.308 e. The minimum atomic E-state index is -0.0718. The van der Waals surface area contributed by atoms with E-state index in [0.29, 0.717) is 22.8 Å². The average molecular weight is 284 g/mol. The van der Waals surface area contributed by atoms with Crippen molar-refractivity contribution in [3.05, 3.63) is 39.3 Å². The van der Waals surface area contributed by atoms with Crippen LogP contribution in [0.2, 0.25) is 5.02 Å². The highest BCUT2D eigenvalue weighted by molar-refractivity contribution is 7.08. The quantitative estimate of drug-likeness (QED) is 0.791. The molecule has 2 heterocycles. The number of rotatable bonds is 5. The number of thiophene rings is 1. The zero-order valence-corrected chi connectivity index (χ0v) is 11.8. The van der Waals surface area contributed by atoms with Gasteiger partial charge in [0, 0.05) is 17.5 Å². The molecule has 0 spiro atoms. The second kappa shape index (κ2) is 5.65. The summed E-state index contributed by atoms with van der Waals surface area (Å²) < 4.78 is 1.67. The van der Waals surface area contributed by atoms with Gasteiger partial charge in [0.1, 0.15) is 5.69 Å². The molecule has 2 rings (SSSR count). The van der Waals surface area contributed by atoms with Crippen LogP contribution in [0.4, 0.5) is 0 Å². The molecule has 0 saturated carbocycles. The largest absolute Gasteiger partial charge is 0.308 e. The summed E-state index contributed by atoms with van der Waals surface area (Å²) in [7, 11) is 3.96. The second-order valence-corrected chi connectivity index (χ2v) is 5.40. The summed E-state index contributed by atoms with van der Waals surface area (Å²) in [5, 5.41) is 8.26. The number of hydrogen-bond acceptors (Lipinski definition) is 4. The summed E-state index contributed by atoms with van der Waals surface area (Å²) in [4.78, 5) is 14.3. The van der Waals surface area contributed by atoms with Crippen molar-refractivity contribution in [2.75, 3.05) is 20.6 Å². The highest BCUT2D eigenvalue weighted by atomic mass is 35.5. The maximum absolute atomic E-state index is 12.3. The van der Waals surface area contributed by atoms with Gasteiger partial charge in [0.25, 0.3) is 0 Å². The standard InChI is InChI=1S/C12H14ClN3OS/c1-15(2)4-5-16-11(10(13)7-14-16)12(17)9-3-6-18-8-9/h3,6-8H,4-5H2,1-2H3. The van der Waals surface area contributed by atoms with Gasteiger partial charge in [-0.1, -0.05) is 11.6 Å². The van der Waals surface area contributed by atoms with Gasteiger partial charge in [-0.25, -0.2) is 0 Å². The fourth-order valence-corrected chi connectivity index (χ4v) is 2.45. The molecule has 0 radical (unpaired) electrons. The van der Waals surface area contributed by atoms with Crippen molar-refractivity contribution in [2.45, 2.75) is 6.54 Å². The Kier molecular flexibility index (Phi) is 4.16. The number of aromatic nitrogens is 2. The van der Waals surface area contributed by atoms with E-state index in [1.54, 1.807) is 10.7 Å². The lowest BCUT2D eigenvalue weighted by Gasteiger charge is -2.11. The fraction of sp³-hybridized carbons (Fsp3) is 0.333. The third kappa shape index (κ3) is 2.80. The number of nitrogens with zero attached hydrogens (tertiary/aromatic N) is 3. The molecule has 2 aromatic heterocycles. The molecular formula is C12H14ClN3OS. The Hall–Kier alpha value is -1.17. The first kappa shape index (κ1) is 13.3. The molecule has 0 aromatic carbocycles. The normalized spacial score (nSPS) is 11.1. The van der Waals surface area contributed by atoms with Crippen molar-refractivity contribution >= 4 is 28.7 Å². The van der Waals surface area contributed by atoms with E-state index in [4.69, 9.17) is 11.6 Å². The molecular weight excluding hydrogens is 270 g/mol. The maximum atomic E-state index is 12.3. The number of carbonyl (C=O) groups excluding carboxylic acids is 1. The maximum Gasteiger partial charge on any atom is 0.213 e. The summed E-state index contributed by atoms with van der Waals surface area (Å²) in [6.07, 6.45) is 1.52. The highest BCUT2D eigenvalue weighted by Gasteiger charge is 2.19. The van der Waals surface area contributed by atoms with Gasteiger partial charge in [0.15, 0.2) is 0 Å². The Morgan fingerprint density at radius 3 is 2.94 bits per heavy atom. The summed E-state index contributed by atoms with van der Waals surface area (Å²) in [6, 6.07) is 1.80. The van der Waals surface area contributed by atoms with E-state index in [0.717, 1.165) is 6.54 Å². The Balaban J connectivity index is 2.26. The lowest BCUT2D eigenvalue weighted by molar-refractivity contribution is 0.102. The van der Waals surface area contributed by atoms with E-state index in [2.05, 4.69) is 5.10 Å². The van der Waals surface area contributed by atoms with Gasteiger partial charge in [0.05, 0.1) is 17.8 Å². The molecule has 0 aliphatic heterocycles. The summed E-state index contributed by atoms with van der Waals surface area (Å²) in [5.74, 6) is -0.0718. The van der Waals surface area contributed by atoms with E-state index in [1.807, 2.05) is 29.8 Å². The Morgan fingerprint density at radius 1 is 1.56 bits per heavy atom. The number of carbonyl (C=O) groups is 1. The van der Waals surface area contributed by atoms with Crippen LogP contribution in [-0.2, 0) is 6.54 Å². The van der Waals surface area contributed by atoms with Crippen LogP contribution >= 0.6 is 22.9 Å². The molecule has 0 fully saturated rings. The lowest BCUT2D eigenvalue weighted by atomic mass is 10.1. The predicted octanol–water partition coefficient (Wildman–Crippen LogP) is 2.39. The van der Waals surface area contributed by atoms with Crippen LogP contribution in [0.15, 0.2) is 23.0 Å². The molecule has 0 saturated heterocycles. The first-order valence-electron chi connectivity index (χ1n) is 5.52. The van der Waals surface area contributed by atoms with Crippen LogP contribution in [0.3, 0.4) is 0 Å². The third-order valence-electron chi connectivity index (χ3n) is 2.55. The van der Waals surface area contributed by atoms with Gasteiger partial charge in [0.2, 0.25) is 5.78 Å². The smallest absolute Gasteiger partial charge is 0.213 e. The van der Waals surface area contributed by atoms with Crippen LogP contribution in [-0.4, -0.2) is 41.1 Å². The molecule has 0 amide bonds. The summed E-state index contributed by atoms with van der Waals surface area (Å²) in [6.45, 7) is 1.45. The van der Waals surface area contributed by atoms with Crippen molar-refractivity contribution in [3.8, 4) is 0 Å². The molecule has 2 aromatic rings. The van der Waals surface area contributed by atoms with Crippen LogP contribution in [0, 0.1) is 0 Å². The molecule has 96 valence electrons. The van der Waals surface area contributed by atoms with E-state index in [9.17, 15) is 4.79 Å². The molecule has 0 unspecified atom stereocenters. The van der Waals surface area contributed by atoms with Crippen LogP contribution in [0.25, 0.3) is 0 Å². The zero-order valence-electron chi connectivity index (χ0n) is 10.3. The Morgan fingerprint density at radius 2 is 2.33 bits per heavy atom. The van der Waals surface area contributed by atoms with E-state index >= 15 is 0 Å². The molecule has 0 aliphatic rings. The molecule has 4 nitrogen and oxygen atoms in total. The predicted molar refractivity (Wildman–Crippen MR) is 73.5 cm³/mol. The van der Waals surface area contributed by atoms with Gasteiger partial charge >= 0.3 is 0 Å². The van der Waals surface area contributed by atoms with Crippen molar-refractivity contribution in [1.29, 1.82) is 0 Å². The number of hydrogen-bond donors (Lipinski definition) is 0. The molecule has 6 heteroatoms. The first-order chi connectivity index (χ1) is 8.59. The molecule has 0 atom stereocenters. The molecule has 0 N–H and O–H groups in total. The SMILES string of the molecule is CN(C)CCn1ncc(Cl)c1C(=O)c1ccsc1. The van der Waals surface area contributed by atoms with Crippen LogP contribution < -0.4 is 0 Å². The highest BCUT2D eigenvalue weighted by Crippen LogP contribution is 2.20. The van der Waals surface area contributed by atoms with Crippen molar-refractivity contribution < 1.29 is 4.79 Å². The van der Waals surface area contributed by atoms with Gasteiger partial charge < -0.3 is 4.90 Å². The number of halogens is 1. The summed E-state index contributed by atoms with van der Waals surface area (Å²) in [5.41, 5.74) is 1.13. The summed E-state index contributed by atoms with van der Waals surface area (Å²) >= 11 is 7.55. The lowest BCUT2D eigenvalue weighted by Crippen LogP contribution is -2.21. The Labute approximate surface area is 115 Å². The monoisotopic (exact) mass is 283 g/mol. The second-order valence-electron chi connectivity index (χ2n) is 4.21. The van der Waals surface area contributed by atoms with Gasteiger partial charge in [-0.05, 0) is 25.5 Å². The first-order valence-corrected chi connectivity index (χ1v) is 6.84. The van der Waals surface area contributed by atoms with E-state index in [1.165, 1.54) is 17.5 Å².